The first-order chi connectivity index (χ1) is 9.22. The van der Waals surface area contributed by atoms with Gasteiger partial charge in [-0.25, -0.2) is 0 Å². The largest absolute Gasteiger partial charge is 0.497 e. The number of hydrogen-bond donors (Lipinski definition) is 2. The Kier molecular flexibility index (Phi) is 4.30. The van der Waals surface area contributed by atoms with E-state index < -0.39 is 0 Å². The number of anilines is 2. The highest BCUT2D eigenvalue weighted by Gasteiger charge is 2.12. The molecule has 1 aromatic heterocycles. The molecule has 1 aromatic carbocycles. The number of benzene rings is 1. The average molecular weight is 278 g/mol. The number of hydrogen-bond acceptors (Lipinski definition) is 6. The van der Waals surface area contributed by atoms with Crippen LogP contribution in [-0.2, 0) is 0 Å². The lowest BCUT2D eigenvalue weighted by atomic mass is 10.3. The molecular formula is C12H14N4O2S. The van der Waals surface area contributed by atoms with Gasteiger partial charge in [-0.15, -0.1) is 10.2 Å². The van der Waals surface area contributed by atoms with Crippen LogP contribution in [-0.4, -0.2) is 29.8 Å². The molecule has 7 heteroatoms. The standard InChI is InChI=1S/C12H14N4O2S/c1-3-13-12-16-15-11(19-12)10(17)14-8-5-4-6-9(7-8)18-2/h4-7H,3H2,1-2H3,(H,13,16)(H,14,17). The number of ether oxygens (including phenoxy) is 1. The zero-order chi connectivity index (χ0) is 13.7. The maximum Gasteiger partial charge on any atom is 0.286 e. The second-order valence-corrected chi connectivity index (χ2v) is 4.61. The summed E-state index contributed by atoms with van der Waals surface area (Å²) in [6, 6.07) is 7.14. The van der Waals surface area contributed by atoms with Crippen molar-refractivity contribution in [1.82, 2.24) is 10.2 Å². The third-order valence-corrected chi connectivity index (χ3v) is 3.15. The van der Waals surface area contributed by atoms with Crippen LogP contribution in [0.1, 0.15) is 16.7 Å². The molecule has 0 atom stereocenters. The molecule has 0 fully saturated rings. The molecule has 0 saturated carbocycles. The molecule has 0 aliphatic heterocycles. The molecule has 6 nitrogen and oxygen atoms in total. The lowest BCUT2D eigenvalue weighted by Crippen LogP contribution is -2.11. The van der Waals surface area contributed by atoms with Gasteiger partial charge >= 0.3 is 0 Å². The smallest absolute Gasteiger partial charge is 0.286 e. The molecule has 0 radical (unpaired) electrons. The minimum absolute atomic E-state index is 0.282. The number of nitrogens with one attached hydrogen (secondary N) is 2. The summed E-state index contributed by atoms with van der Waals surface area (Å²) in [5.41, 5.74) is 0.657. The zero-order valence-corrected chi connectivity index (χ0v) is 11.5. The first-order valence-corrected chi connectivity index (χ1v) is 6.57. The van der Waals surface area contributed by atoms with Crippen molar-refractivity contribution in [3.05, 3.63) is 29.3 Å². The predicted octanol–water partition coefficient (Wildman–Crippen LogP) is 2.23. The third kappa shape index (κ3) is 3.41. The number of rotatable bonds is 5. The van der Waals surface area contributed by atoms with Crippen LogP contribution in [0.15, 0.2) is 24.3 Å². The van der Waals surface area contributed by atoms with E-state index in [9.17, 15) is 4.79 Å². The van der Waals surface area contributed by atoms with Crippen molar-refractivity contribution in [2.75, 3.05) is 24.3 Å². The average Bonchev–Trinajstić information content (AvgIpc) is 2.88. The van der Waals surface area contributed by atoms with Crippen LogP contribution in [0.2, 0.25) is 0 Å². The van der Waals surface area contributed by atoms with E-state index in [0.717, 1.165) is 6.54 Å². The van der Waals surface area contributed by atoms with E-state index >= 15 is 0 Å². The molecule has 100 valence electrons. The van der Waals surface area contributed by atoms with Gasteiger partial charge in [0.15, 0.2) is 0 Å². The zero-order valence-electron chi connectivity index (χ0n) is 10.6. The van der Waals surface area contributed by atoms with E-state index in [4.69, 9.17) is 4.74 Å². The van der Waals surface area contributed by atoms with Crippen molar-refractivity contribution >= 4 is 28.1 Å². The monoisotopic (exact) mass is 278 g/mol. The van der Waals surface area contributed by atoms with Crippen LogP contribution >= 0.6 is 11.3 Å². The van der Waals surface area contributed by atoms with Crippen LogP contribution in [0.5, 0.6) is 5.75 Å². The summed E-state index contributed by atoms with van der Waals surface area (Å²) in [6.45, 7) is 2.70. The van der Waals surface area contributed by atoms with Crippen molar-refractivity contribution in [1.29, 1.82) is 0 Å². The molecule has 2 rings (SSSR count). The Morgan fingerprint density at radius 1 is 1.42 bits per heavy atom. The van der Waals surface area contributed by atoms with E-state index in [0.29, 0.717) is 21.6 Å². The lowest BCUT2D eigenvalue weighted by Gasteiger charge is -2.04. The predicted molar refractivity (Wildman–Crippen MR) is 75.0 cm³/mol. The van der Waals surface area contributed by atoms with Gasteiger partial charge in [-0.3, -0.25) is 4.79 Å². The molecule has 0 unspecified atom stereocenters. The third-order valence-electron chi connectivity index (χ3n) is 2.27. The van der Waals surface area contributed by atoms with Crippen molar-refractivity contribution < 1.29 is 9.53 Å². The first-order valence-electron chi connectivity index (χ1n) is 5.75. The van der Waals surface area contributed by atoms with Crippen molar-refractivity contribution in [3.8, 4) is 5.75 Å². The van der Waals surface area contributed by atoms with Crippen LogP contribution in [0.25, 0.3) is 0 Å². The van der Waals surface area contributed by atoms with Crippen LogP contribution in [0.4, 0.5) is 10.8 Å². The molecule has 2 aromatic rings. The Morgan fingerprint density at radius 2 is 2.26 bits per heavy atom. The van der Waals surface area contributed by atoms with Crippen molar-refractivity contribution in [3.63, 3.8) is 0 Å². The van der Waals surface area contributed by atoms with Crippen LogP contribution in [0.3, 0.4) is 0 Å². The maximum absolute atomic E-state index is 12.0. The van der Waals surface area contributed by atoms with Gasteiger partial charge in [0.25, 0.3) is 5.91 Å². The maximum atomic E-state index is 12.0. The Bertz CT molecular complexity index is 570. The van der Waals surface area contributed by atoms with Crippen LogP contribution in [0, 0.1) is 0 Å². The van der Waals surface area contributed by atoms with Crippen molar-refractivity contribution in [2.24, 2.45) is 0 Å². The number of nitrogens with zero attached hydrogens (tertiary/aromatic N) is 2. The van der Waals surface area contributed by atoms with Gasteiger partial charge in [0.2, 0.25) is 10.1 Å². The molecule has 0 aliphatic carbocycles. The Balaban J connectivity index is 2.06. The molecule has 1 heterocycles. The lowest BCUT2D eigenvalue weighted by molar-refractivity contribution is 0.102. The number of amides is 1. The second kappa shape index (κ2) is 6.14. The van der Waals surface area contributed by atoms with Gasteiger partial charge in [0.05, 0.1) is 7.11 Å². The van der Waals surface area contributed by atoms with E-state index in [2.05, 4.69) is 20.8 Å². The molecule has 0 saturated heterocycles. The highest BCUT2D eigenvalue weighted by atomic mass is 32.1. The number of aromatic nitrogens is 2. The molecule has 0 spiro atoms. The van der Waals surface area contributed by atoms with E-state index in [1.807, 2.05) is 13.0 Å². The number of methoxy groups -OCH3 is 1. The highest BCUT2D eigenvalue weighted by Crippen LogP contribution is 2.19. The van der Waals surface area contributed by atoms with Gasteiger partial charge in [-0.2, -0.15) is 0 Å². The fourth-order valence-electron chi connectivity index (χ4n) is 1.42. The second-order valence-electron chi connectivity index (χ2n) is 3.63. The highest BCUT2D eigenvalue weighted by molar-refractivity contribution is 7.17. The molecule has 19 heavy (non-hydrogen) atoms. The van der Waals surface area contributed by atoms with Gasteiger partial charge in [0.1, 0.15) is 5.75 Å². The molecule has 0 bridgehead atoms. The molecular weight excluding hydrogens is 264 g/mol. The number of carbonyl (C=O) groups excluding carboxylic acids is 1. The summed E-state index contributed by atoms with van der Waals surface area (Å²) in [7, 11) is 1.58. The fourth-order valence-corrected chi connectivity index (χ4v) is 2.13. The summed E-state index contributed by atoms with van der Waals surface area (Å²) in [5, 5.41) is 14.4. The first kappa shape index (κ1) is 13.3. The van der Waals surface area contributed by atoms with Gasteiger partial charge < -0.3 is 15.4 Å². The van der Waals surface area contributed by atoms with E-state index in [-0.39, 0.29) is 5.91 Å². The SMILES string of the molecule is CCNc1nnc(C(=O)Nc2cccc(OC)c2)s1. The Morgan fingerprint density at radius 3 is 3.00 bits per heavy atom. The van der Waals surface area contributed by atoms with Crippen molar-refractivity contribution in [2.45, 2.75) is 6.92 Å². The van der Waals surface area contributed by atoms with Gasteiger partial charge in [-0.05, 0) is 19.1 Å². The topological polar surface area (TPSA) is 76.1 Å². The van der Waals surface area contributed by atoms with Gasteiger partial charge in [0, 0.05) is 18.3 Å². The Labute approximate surface area is 114 Å². The fraction of sp³-hybridized carbons (Fsp3) is 0.250. The number of carbonyl (C=O) groups is 1. The normalized spacial score (nSPS) is 10.0. The quantitative estimate of drug-likeness (QED) is 0.877. The summed E-state index contributed by atoms with van der Waals surface area (Å²) in [6.07, 6.45) is 0. The Hall–Kier alpha value is -2.15. The summed E-state index contributed by atoms with van der Waals surface area (Å²) in [5.74, 6) is 0.401. The summed E-state index contributed by atoms with van der Waals surface area (Å²) in [4.78, 5) is 12.0. The molecule has 1 amide bonds. The molecule has 0 aliphatic rings. The summed E-state index contributed by atoms with van der Waals surface area (Å²) >= 11 is 1.22. The minimum Gasteiger partial charge on any atom is -0.497 e. The van der Waals surface area contributed by atoms with E-state index in [1.165, 1.54) is 11.3 Å². The van der Waals surface area contributed by atoms with Crippen LogP contribution < -0.4 is 15.4 Å². The van der Waals surface area contributed by atoms with Gasteiger partial charge in [-0.1, -0.05) is 17.4 Å². The summed E-state index contributed by atoms with van der Waals surface area (Å²) < 4.78 is 5.09. The molecule has 2 N–H and O–H groups in total. The minimum atomic E-state index is -0.282. The van der Waals surface area contributed by atoms with E-state index in [1.54, 1.807) is 25.3 Å².